The quantitative estimate of drug-likeness (QED) is 0.877. The average molecular weight is 294 g/mol. The summed E-state index contributed by atoms with van der Waals surface area (Å²) < 4.78 is 26.7. The lowest BCUT2D eigenvalue weighted by Crippen LogP contribution is -2.07. The van der Waals surface area contributed by atoms with Crippen LogP contribution in [0.3, 0.4) is 0 Å². The second kappa shape index (κ2) is 5.92. The van der Waals surface area contributed by atoms with Gasteiger partial charge in [-0.3, -0.25) is 10.1 Å². The summed E-state index contributed by atoms with van der Waals surface area (Å²) >= 11 is 1.35. The summed E-state index contributed by atoms with van der Waals surface area (Å²) in [5.41, 5.74) is 0.601. The fourth-order valence-electron chi connectivity index (χ4n) is 1.50. The fraction of sp³-hybridized carbons (Fsp3) is 0.143. The van der Waals surface area contributed by atoms with E-state index in [4.69, 9.17) is 0 Å². The van der Waals surface area contributed by atoms with Gasteiger partial charge in [0.2, 0.25) is 5.91 Å². The molecule has 1 aromatic carbocycles. The van der Waals surface area contributed by atoms with Crippen LogP contribution in [0.15, 0.2) is 24.3 Å². The minimum Gasteiger partial charge on any atom is -0.298 e. The van der Waals surface area contributed by atoms with E-state index in [1.807, 2.05) is 13.8 Å². The van der Waals surface area contributed by atoms with Gasteiger partial charge in [0.25, 0.3) is 0 Å². The predicted octanol–water partition coefficient (Wildman–Crippen LogP) is 3.69. The molecule has 0 aliphatic heterocycles. The van der Waals surface area contributed by atoms with E-state index < -0.39 is 17.5 Å². The minimum absolute atomic E-state index is 0.242. The molecule has 1 heterocycles. The van der Waals surface area contributed by atoms with Crippen LogP contribution < -0.4 is 5.32 Å². The van der Waals surface area contributed by atoms with Gasteiger partial charge in [0.1, 0.15) is 11.6 Å². The summed E-state index contributed by atoms with van der Waals surface area (Å²) in [6, 6.07) is 3.53. The lowest BCUT2D eigenvalue weighted by molar-refractivity contribution is -0.111. The lowest BCUT2D eigenvalue weighted by atomic mass is 10.2. The molecule has 0 saturated carbocycles. The number of carbonyl (C=O) groups excluding carboxylic acids is 1. The zero-order valence-electron chi connectivity index (χ0n) is 10.9. The van der Waals surface area contributed by atoms with Gasteiger partial charge in [-0.1, -0.05) is 6.07 Å². The Bertz CT molecular complexity index is 640. The SMILES string of the molecule is Cc1nc(NC(=O)C=Cc2c(F)cccc2F)sc1C. The van der Waals surface area contributed by atoms with Gasteiger partial charge in [-0.25, -0.2) is 13.8 Å². The van der Waals surface area contributed by atoms with Gasteiger partial charge in [-0.05, 0) is 32.1 Å². The van der Waals surface area contributed by atoms with Crippen molar-refractivity contribution in [2.24, 2.45) is 0 Å². The van der Waals surface area contributed by atoms with Crippen LogP contribution in [0.25, 0.3) is 6.08 Å². The van der Waals surface area contributed by atoms with E-state index in [0.29, 0.717) is 5.13 Å². The van der Waals surface area contributed by atoms with Gasteiger partial charge in [-0.15, -0.1) is 11.3 Å². The molecule has 1 amide bonds. The smallest absolute Gasteiger partial charge is 0.250 e. The van der Waals surface area contributed by atoms with Gasteiger partial charge in [0.05, 0.1) is 5.69 Å². The molecular weight excluding hydrogens is 282 g/mol. The predicted molar refractivity (Wildman–Crippen MR) is 75.6 cm³/mol. The number of hydrogen-bond acceptors (Lipinski definition) is 3. The number of rotatable bonds is 3. The van der Waals surface area contributed by atoms with Crippen LogP contribution in [0.1, 0.15) is 16.1 Å². The van der Waals surface area contributed by atoms with Gasteiger partial charge in [0.15, 0.2) is 5.13 Å². The number of nitrogens with zero attached hydrogens (tertiary/aromatic N) is 1. The second-order valence-electron chi connectivity index (χ2n) is 4.12. The van der Waals surface area contributed by atoms with Gasteiger partial charge in [0, 0.05) is 16.5 Å². The largest absolute Gasteiger partial charge is 0.298 e. The Balaban J connectivity index is 2.10. The summed E-state index contributed by atoms with van der Waals surface area (Å²) in [5, 5.41) is 3.01. The number of hydrogen-bond donors (Lipinski definition) is 1. The summed E-state index contributed by atoms with van der Waals surface area (Å²) in [5.74, 6) is -1.91. The molecule has 104 valence electrons. The molecule has 0 unspecified atom stereocenters. The fourth-order valence-corrected chi connectivity index (χ4v) is 2.32. The first-order valence-electron chi connectivity index (χ1n) is 5.84. The molecule has 0 spiro atoms. The van der Waals surface area contributed by atoms with Gasteiger partial charge in [-0.2, -0.15) is 0 Å². The Morgan fingerprint density at radius 3 is 2.50 bits per heavy atom. The molecule has 2 aromatic rings. The van der Waals surface area contributed by atoms with E-state index >= 15 is 0 Å². The first kappa shape index (κ1) is 14.3. The number of anilines is 1. The van der Waals surface area contributed by atoms with Crippen molar-refractivity contribution >= 4 is 28.5 Å². The molecule has 6 heteroatoms. The first-order chi connectivity index (χ1) is 9.47. The molecule has 20 heavy (non-hydrogen) atoms. The maximum Gasteiger partial charge on any atom is 0.250 e. The van der Waals surface area contributed by atoms with Crippen LogP contribution in [0, 0.1) is 25.5 Å². The zero-order chi connectivity index (χ0) is 14.7. The summed E-state index contributed by atoms with van der Waals surface area (Å²) in [4.78, 5) is 16.8. The van der Waals surface area contributed by atoms with Crippen LogP contribution in [0.2, 0.25) is 0 Å². The molecule has 1 aromatic heterocycles. The topological polar surface area (TPSA) is 42.0 Å². The van der Waals surface area contributed by atoms with Crippen molar-refractivity contribution in [1.82, 2.24) is 4.98 Å². The molecule has 0 atom stereocenters. The van der Waals surface area contributed by atoms with Crippen LogP contribution in [0.4, 0.5) is 13.9 Å². The number of aryl methyl sites for hydroxylation is 2. The number of benzene rings is 1. The average Bonchev–Trinajstić information content (AvgIpc) is 2.67. The van der Waals surface area contributed by atoms with Crippen molar-refractivity contribution in [1.29, 1.82) is 0 Å². The molecule has 0 radical (unpaired) electrons. The number of halogens is 2. The van der Waals surface area contributed by atoms with E-state index in [2.05, 4.69) is 10.3 Å². The van der Waals surface area contributed by atoms with Crippen LogP contribution in [-0.2, 0) is 4.79 Å². The third-order valence-electron chi connectivity index (χ3n) is 2.66. The first-order valence-corrected chi connectivity index (χ1v) is 6.66. The number of carbonyl (C=O) groups is 1. The summed E-state index contributed by atoms with van der Waals surface area (Å²) in [7, 11) is 0. The van der Waals surface area contributed by atoms with Crippen LogP contribution in [0.5, 0.6) is 0 Å². The number of amides is 1. The lowest BCUT2D eigenvalue weighted by Gasteiger charge is -1.99. The Kier molecular flexibility index (Phi) is 4.24. The Labute approximate surface area is 119 Å². The molecule has 3 nitrogen and oxygen atoms in total. The van der Waals surface area contributed by atoms with Crippen LogP contribution >= 0.6 is 11.3 Å². The molecule has 0 saturated heterocycles. The summed E-state index contributed by atoms with van der Waals surface area (Å²) in [6.45, 7) is 3.74. The maximum atomic E-state index is 13.4. The molecule has 2 rings (SSSR count). The van der Waals surface area contributed by atoms with Crippen molar-refractivity contribution in [3.63, 3.8) is 0 Å². The molecular formula is C14H12F2N2OS. The van der Waals surface area contributed by atoms with E-state index in [-0.39, 0.29) is 5.56 Å². The molecule has 0 aliphatic rings. The highest BCUT2D eigenvalue weighted by molar-refractivity contribution is 7.15. The molecule has 1 N–H and O–H groups in total. The number of thiazole rings is 1. The van der Waals surface area contributed by atoms with E-state index in [1.165, 1.54) is 17.4 Å². The van der Waals surface area contributed by atoms with E-state index in [9.17, 15) is 13.6 Å². The Morgan fingerprint density at radius 2 is 1.95 bits per heavy atom. The maximum absolute atomic E-state index is 13.4. The van der Waals surface area contributed by atoms with E-state index in [1.54, 1.807) is 0 Å². The highest BCUT2D eigenvalue weighted by Gasteiger charge is 2.07. The standard InChI is InChI=1S/C14H12F2N2OS/c1-8-9(2)20-14(17-8)18-13(19)7-6-10-11(15)4-3-5-12(10)16/h3-7H,1-2H3,(H,17,18,19). The van der Waals surface area contributed by atoms with Crippen molar-refractivity contribution < 1.29 is 13.6 Å². The highest BCUT2D eigenvalue weighted by Crippen LogP contribution is 2.21. The monoisotopic (exact) mass is 294 g/mol. The molecule has 0 bridgehead atoms. The molecule has 0 aliphatic carbocycles. The summed E-state index contributed by atoms with van der Waals surface area (Å²) in [6.07, 6.45) is 2.18. The Morgan fingerprint density at radius 1 is 1.30 bits per heavy atom. The van der Waals surface area contributed by atoms with Crippen molar-refractivity contribution in [2.45, 2.75) is 13.8 Å². The van der Waals surface area contributed by atoms with E-state index in [0.717, 1.165) is 34.9 Å². The number of aromatic nitrogens is 1. The minimum atomic E-state index is -0.713. The van der Waals surface area contributed by atoms with Crippen molar-refractivity contribution in [3.8, 4) is 0 Å². The van der Waals surface area contributed by atoms with Crippen molar-refractivity contribution in [3.05, 3.63) is 52.0 Å². The third-order valence-corrected chi connectivity index (χ3v) is 3.65. The zero-order valence-corrected chi connectivity index (χ0v) is 11.7. The second-order valence-corrected chi connectivity index (χ2v) is 5.32. The Hall–Kier alpha value is -2.08. The normalized spacial score (nSPS) is 11.0. The van der Waals surface area contributed by atoms with Gasteiger partial charge >= 0.3 is 0 Å². The highest BCUT2D eigenvalue weighted by atomic mass is 32.1. The van der Waals surface area contributed by atoms with Crippen LogP contribution in [-0.4, -0.2) is 10.9 Å². The van der Waals surface area contributed by atoms with Crippen molar-refractivity contribution in [2.75, 3.05) is 5.32 Å². The third kappa shape index (κ3) is 3.27. The van der Waals surface area contributed by atoms with Gasteiger partial charge < -0.3 is 0 Å². The molecule has 0 fully saturated rings. The number of nitrogens with one attached hydrogen (secondary N) is 1.